The molecule has 1 aliphatic heterocycles. The molecule has 0 saturated heterocycles. The average molecular weight is 279 g/mol. The molecule has 21 heavy (non-hydrogen) atoms. The smallest absolute Gasteiger partial charge is 0.267 e. The molecule has 1 amide bonds. The molecule has 0 spiro atoms. The van der Waals surface area contributed by atoms with E-state index >= 15 is 0 Å². The monoisotopic (exact) mass is 279 g/mol. The van der Waals surface area contributed by atoms with Crippen molar-refractivity contribution in [2.45, 2.75) is 13.3 Å². The van der Waals surface area contributed by atoms with E-state index in [2.05, 4.69) is 17.0 Å². The third-order valence-corrected chi connectivity index (χ3v) is 3.68. The van der Waals surface area contributed by atoms with Gasteiger partial charge < -0.3 is 0 Å². The van der Waals surface area contributed by atoms with E-state index in [0.29, 0.717) is 18.0 Å². The van der Waals surface area contributed by atoms with E-state index < -0.39 is 0 Å². The summed E-state index contributed by atoms with van der Waals surface area (Å²) in [6.45, 7) is 2.79. The van der Waals surface area contributed by atoms with E-state index in [-0.39, 0.29) is 5.91 Å². The molecule has 0 N–H and O–H groups in total. The molecule has 1 aromatic carbocycles. The SMILES string of the molecule is CC1CCN(C(=O)c2cccnc2)N=C1c1ccccc1. The molecule has 1 aromatic heterocycles. The summed E-state index contributed by atoms with van der Waals surface area (Å²) in [6.07, 6.45) is 4.16. The van der Waals surface area contributed by atoms with Crippen LogP contribution >= 0.6 is 0 Å². The fraction of sp³-hybridized carbons (Fsp3) is 0.235. The van der Waals surface area contributed by atoms with Crippen molar-refractivity contribution in [1.29, 1.82) is 0 Å². The van der Waals surface area contributed by atoms with E-state index in [1.807, 2.05) is 30.3 Å². The number of benzene rings is 1. The fourth-order valence-electron chi connectivity index (χ4n) is 2.47. The topological polar surface area (TPSA) is 45.6 Å². The number of hydrazone groups is 1. The van der Waals surface area contributed by atoms with Gasteiger partial charge in [0.15, 0.2) is 0 Å². The summed E-state index contributed by atoms with van der Waals surface area (Å²) in [4.78, 5) is 16.5. The molecule has 2 heterocycles. The Balaban J connectivity index is 1.91. The number of carbonyl (C=O) groups is 1. The lowest BCUT2D eigenvalue weighted by Crippen LogP contribution is -2.35. The second-order valence-electron chi connectivity index (χ2n) is 5.21. The van der Waals surface area contributed by atoms with Crippen molar-refractivity contribution in [3.8, 4) is 0 Å². The van der Waals surface area contributed by atoms with Crippen LogP contribution in [-0.4, -0.2) is 28.2 Å². The third kappa shape index (κ3) is 2.84. The van der Waals surface area contributed by atoms with Crippen molar-refractivity contribution >= 4 is 11.6 Å². The summed E-state index contributed by atoms with van der Waals surface area (Å²) in [7, 11) is 0. The zero-order valence-electron chi connectivity index (χ0n) is 11.9. The van der Waals surface area contributed by atoms with E-state index in [1.54, 1.807) is 29.5 Å². The van der Waals surface area contributed by atoms with Gasteiger partial charge in [-0.3, -0.25) is 9.78 Å². The first kappa shape index (κ1) is 13.5. The molecule has 0 fully saturated rings. The Morgan fingerprint density at radius 2 is 2.00 bits per heavy atom. The van der Waals surface area contributed by atoms with Gasteiger partial charge >= 0.3 is 0 Å². The van der Waals surface area contributed by atoms with Crippen LogP contribution in [0.15, 0.2) is 60.0 Å². The molecule has 4 heteroatoms. The van der Waals surface area contributed by atoms with E-state index in [9.17, 15) is 4.79 Å². The number of nitrogens with zero attached hydrogens (tertiary/aromatic N) is 3. The van der Waals surface area contributed by atoms with Gasteiger partial charge in [0.25, 0.3) is 5.91 Å². The Kier molecular flexibility index (Phi) is 3.77. The van der Waals surface area contributed by atoms with E-state index in [0.717, 1.165) is 17.7 Å². The number of aromatic nitrogens is 1. The molecular weight excluding hydrogens is 262 g/mol. The summed E-state index contributed by atoms with van der Waals surface area (Å²) >= 11 is 0. The molecule has 106 valence electrons. The van der Waals surface area contributed by atoms with Gasteiger partial charge in [-0.15, -0.1) is 0 Å². The highest BCUT2D eigenvalue weighted by Crippen LogP contribution is 2.21. The van der Waals surface area contributed by atoms with Crippen LogP contribution in [0.25, 0.3) is 0 Å². The maximum Gasteiger partial charge on any atom is 0.275 e. The predicted octanol–water partition coefficient (Wildman–Crippen LogP) is 2.97. The Morgan fingerprint density at radius 3 is 2.71 bits per heavy atom. The molecule has 1 atom stereocenters. The lowest BCUT2D eigenvalue weighted by Gasteiger charge is -2.28. The molecule has 0 radical (unpaired) electrons. The van der Waals surface area contributed by atoms with Crippen molar-refractivity contribution in [2.24, 2.45) is 11.0 Å². The Bertz CT molecular complexity index is 652. The zero-order chi connectivity index (χ0) is 14.7. The second kappa shape index (κ2) is 5.87. The molecule has 0 bridgehead atoms. The second-order valence-corrected chi connectivity index (χ2v) is 5.21. The van der Waals surface area contributed by atoms with Gasteiger partial charge in [-0.2, -0.15) is 5.10 Å². The highest BCUT2D eigenvalue weighted by molar-refractivity contribution is 6.04. The van der Waals surface area contributed by atoms with Gasteiger partial charge in [0, 0.05) is 24.9 Å². The number of hydrogen-bond donors (Lipinski definition) is 0. The lowest BCUT2D eigenvalue weighted by atomic mass is 9.94. The average Bonchev–Trinajstić information content (AvgIpc) is 2.56. The van der Waals surface area contributed by atoms with Crippen molar-refractivity contribution in [1.82, 2.24) is 9.99 Å². The summed E-state index contributed by atoms with van der Waals surface area (Å²) in [6, 6.07) is 13.6. The van der Waals surface area contributed by atoms with Gasteiger partial charge in [0.1, 0.15) is 0 Å². The first-order chi connectivity index (χ1) is 10.3. The van der Waals surface area contributed by atoms with Gasteiger partial charge in [0.05, 0.1) is 11.3 Å². The van der Waals surface area contributed by atoms with Crippen LogP contribution in [0.3, 0.4) is 0 Å². The van der Waals surface area contributed by atoms with Crippen LogP contribution in [0.1, 0.15) is 29.3 Å². The van der Waals surface area contributed by atoms with Crippen LogP contribution in [0, 0.1) is 5.92 Å². The Labute approximate surface area is 124 Å². The quantitative estimate of drug-likeness (QED) is 0.848. The van der Waals surface area contributed by atoms with Crippen molar-refractivity contribution < 1.29 is 4.79 Å². The largest absolute Gasteiger partial charge is 0.275 e. The minimum absolute atomic E-state index is 0.0940. The standard InChI is InChI=1S/C17H17N3O/c1-13-9-11-20(17(21)15-8-5-10-18-12-15)19-16(13)14-6-3-2-4-7-14/h2-8,10,12-13H,9,11H2,1H3. The van der Waals surface area contributed by atoms with E-state index in [1.165, 1.54) is 0 Å². The van der Waals surface area contributed by atoms with Crippen LogP contribution in [0.4, 0.5) is 0 Å². The maximum absolute atomic E-state index is 12.5. The minimum Gasteiger partial charge on any atom is -0.267 e. The number of pyridine rings is 1. The number of hydrogen-bond acceptors (Lipinski definition) is 3. The van der Waals surface area contributed by atoms with Gasteiger partial charge in [-0.1, -0.05) is 37.3 Å². The highest BCUT2D eigenvalue weighted by Gasteiger charge is 2.25. The summed E-state index contributed by atoms with van der Waals surface area (Å²) in [5.74, 6) is 0.258. The van der Waals surface area contributed by atoms with Crippen LogP contribution < -0.4 is 0 Å². The lowest BCUT2D eigenvalue weighted by molar-refractivity contribution is 0.0744. The molecule has 2 aromatic rings. The summed E-state index contributed by atoms with van der Waals surface area (Å²) in [5.41, 5.74) is 2.62. The van der Waals surface area contributed by atoms with Crippen LogP contribution in [0.2, 0.25) is 0 Å². The summed E-state index contributed by atoms with van der Waals surface area (Å²) < 4.78 is 0. The van der Waals surface area contributed by atoms with Gasteiger partial charge in [-0.25, -0.2) is 5.01 Å². The molecule has 0 saturated carbocycles. The zero-order valence-corrected chi connectivity index (χ0v) is 11.9. The van der Waals surface area contributed by atoms with Gasteiger partial charge in [0.2, 0.25) is 0 Å². The molecule has 3 rings (SSSR count). The maximum atomic E-state index is 12.5. The van der Waals surface area contributed by atoms with E-state index in [4.69, 9.17) is 0 Å². The van der Waals surface area contributed by atoms with Gasteiger partial charge in [-0.05, 0) is 24.1 Å². The number of rotatable bonds is 2. The molecular formula is C17H17N3O. The fourth-order valence-corrected chi connectivity index (χ4v) is 2.47. The summed E-state index contributed by atoms with van der Waals surface area (Å²) in [5, 5.41) is 6.14. The van der Waals surface area contributed by atoms with Crippen molar-refractivity contribution in [3.05, 3.63) is 66.0 Å². The van der Waals surface area contributed by atoms with Crippen molar-refractivity contribution in [3.63, 3.8) is 0 Å². The third-order valence-electron chi connectivity index (χ3n) is 3.68. The normalized spacial score (nSPS) is 18.2. The highest BCUT2D eigenvalue weighted by atomic mass is 16.2. The first-order valence-corrected chi connectivity index (χ1v) is 7.11. The van der Waals surface area contributed by atoms with Crippen molar-refractivity contribution in [2.75, 3.05) is 6.54 Å². The Morgan fingerprint density at radius 1 is 1.19 bits per heavy atom. The minimum atomic E-state index is -0.0940. The number of amides is 1. The van der Waals surface area contributed by atoms with Crippen LogP contribution in [0.5, 0.6) is 0 Å². The Hall–Kier alpha value is -2.49. The molecule has 0 aliphatic carbocycles. The first-order valence-electron chi connectivity index (χ1n) is 7.11. The molecule has 1 aliphatic rings. The predicted molar refractivity (Wildman–Crippen MR) is 82.0 cm³/mol. The molecule has 1 unspecified atom stereocenters. The number of carbonyl (C=O) groups excluding carboxylic acids is 1. The molecule has 4 nitrogen and oxygen atoms in total. The van der Waals surface area contributed by atoms with Crippen LogP contribution in [-0.2, 0) is 0 Å².